The molecule has 0 fully saturated rings. The number of amides is 1. The summed E-state index contributed by atoms with van der Waals surface area (Å²) in [6.07, 6.45) is 0.389. The third kappa shape index (κ3) is 5.08. The molecule has 0 N–H and O–H groups in total. The van der Waals surface area contributed by atoms with E-state index < -0.39 is 0 Å². The Morgan fingerprint density at radius 3 is 2.30 bits per heavy atom. The molecule has 0 atom stereocenters. The molecule has 5 heteroatoms. The molecular weight excluding hydrogens is 333 g/mol. The molecule has 0 aromatic heterocycles. The van der Waals surface area contributed by atoms with Crippen LogP contribution in [0, 0.1) is 0 Å². The minimum atomic E-state index is -0.0830. The lowest BCUT2D eigenvalue weighted by atomic mass is 10.1. The summed E-state index contributed by atoms with van der Waals surface area (Å²) >= 11 is 11.8. The van der Waals surface area contributed by atoms with Crippen LogP contribution < -0.4 is 0 Å². The van der Waals surface area contributed by atoms with Crippen molar-refractivity contribution in [1.82, 2.24) is 4.90 Å². The van der Waals surface area contributed by atoms with E-state index >= 15 is 0 Å². The van der Waals surface area contributed by atoms with Gasteiger partial charge in [-0.25, -0.2) is 0 Å². The molecule has 0 bridgehead atoms. The number of hydrogen-bond acceptors (Lipinski definition) is 2. The fourth-order valence-electron chi connectivity index (χ4n) is 2.18. The van der Waals surface area contributed by atoms with Crippen LogP contribution in [0.3, 0.4) is 0 Å². The van der Waals surface area contributed by atoms with E-state index in [0.717, 1.165) is 5.56 Å². The molecule has 0 aliphatic rings. The summed E-state index contributed by atoms with van der Waals surface area (Å²) in [7, 11) is 1.71. The predicted molar refractivity (Wildman–Crippen MR) is 92.9 cm³/mol. The van der Waals surface area contributed by atoms with Crippen molar-refractivity contribution in [3.63, 3.8) is 0 Å². The number of halogens is 2. The second kappa shape index (κ2) is 8.14. The molecule has 0 saturated heterocycles. The number of carbonyl (C=O) groups excluding carboxylic acids is 2. The van der Waals surface area contributed by atoms with Gasteiger partial charge in [-0.15, -0.1) is 0 Å². The van der Waals surface area contributed by atoms with Crippen LogP contribution in [0.1, 0.15) is 28.8 Å². The fraction of sp³-hybridized carbons (Fsp3) is 0.222. The van der Waals surface area contributed by atoms with Crippen LogP contribution in [0.15, 0.2) is 48.5 Å². The van der Waals surface area contributed by atoms with Crippen molar-refractivity contribution in [2.24, 2.45) is 0 Å². The third-order valence-electron chi connectivity index (χ3n) is 3.49. The van der Waals surface area contributed by atoms with E-state index in [9.17, 15) is 9.59 Å². The monoisotopic (exact) mass is 349 g/mol. The third-order valence-corrected chi connectivity index (χ3v) is 4.23. The first-order chi connectivity index (χ1) is 11.0. The van der Waals surface area contributed by atoms with Crippen LogP contribution in [0.4, 0.5) is 0 Å². The molecule has 2 aromatic rings. The molecule has 0 radical (unpaired) electrons. The lowest BCUT2D eigenvalue weighted by Crippen LogP contribution is -2.26. The van der Waals surface area contributed by atoms with Gasteiger partial charge in [-0.05, 0) is 17.7 Å². The Morgan fingerprint density at radius 1 is 0.957 bits per heavy atom. The van der Waals surface area contributed by atoms with Gasteiger partial charge in [0.1, 0.15) is 0 Å². The topological polar surface area (TPSA) is 37.4 Å². The number of nitrogens with zero attached hydrogens (tertiary/aromatic N) is 1. The van der Waals surface area contributed by atoms with Crippen LogP contribution in [0.5, 0.6) is 0 Å². The highest BCUT2D eigenvalue weighted by Crippen LogP contribution is 2.23. The van der Waals surface area contributed by atoms with E-state index in [1.807, 2.05) is 24.3 Å². The minimum Gasteiger partial charge on any atom is -0.341 e. The quantitative estimate of drug-likeness (QED) is 0.713. The van der Waals surface area contributed by atoms with Gasteiger partial charge in [-0.1, -0.05) is 59.6 Å². The van der Waals surface area contributed by atoms with E-state index in [2.05, 4.69) is 0 Å². The van der Waals surface area contributed by atoms with E-state index in [4.69, 9.17) is 23.2 Å². The van der Waals surface area contributed by atoms with Gasteiger partial charge < -0.3 is 4.90 Å². The number of rotatable bonds is 6. The fourth-order valence-corrected chi connectivity index (χ4v) is 2.50. The molecule has 0 saturated carbocycles. The Morgan fingerprint density at radius 2 is 1.65 bits per heavy atom. The number of ketones is 1. The summed E-state index contributed by atoms with van der Waals surface area (Å²) in [6.45, 7) is 0.426. The molecular formula is C18H17Cl2NO2. The molecule has 23 heavy (non-hydrogen) atoms. The Kier molecular flexibility index (Phi) is 6.20. The van der Waals surface area contributed by atoms with Crippen LogP contribution >= 0.6 is 23.2 Å². The molecule has 0 aliphatic heterocycles. The normalized spacial score (nSPS) is 10.4. The molecule has 0 unspecified atom stereocenters. The summed E-state index contributed by atoms with van der Waals surface area (Å²) in [5, 5.41) is 0.946. The van der Waals surface area contributed by atoms with Gasteiger partial charge >= 0.3 is 0 Å². The van der Waals surface area contributed by atoms with E-state index in [1.54, 1.807) is 36.2 Å². The zero-order valence-electron chi connectivity index (χ0n) is 12.8. The van der Waals surface area contributed by atoms with Crippen molar-refractivity contribution in [3.05, 3.63) is 69.7 Å². The van der Waals surface area contributed by atoms with Gasteiger partial charge in [-0.3, -0.25) is 9.59 Å². The molecule has 0 spiro atoms. The summed E-state index contributed by atoms with van der Waals surface area (Å²) < 4.78 is 0. The molecule has 2 aromatic carbocycles. The Bertz CT molecular complexity index is 701. The van der Waals surface area contributed by atoms with Crippen molar-refractivity contribution in [1.29, 1.82) is 0 Å². The van der Waals surface area contributed by atoms with Crippen LogP contribution in [-0.2, 0) is 11.3 Å². The largest absolute Gasteiger partial charge is 0.341 e. The lowest BCUT2D eigenvalue weighted by Gasteiger charge is -2.17. The predicted octanol–water partition coefficient (Wildman–Crippen LogP) is 4.61. The summed E-state index contributed by atoms with van der Waals surface area (Å²) in [6, 6.07) is 14.3. The molecule has 2 rings (SSSR count). The van der Waals surface area contributed by atoms with Gasteiger partial charge in [0.05, 0.1) is 10.0 Å². The maximum Gasteiger partial charge on any atom is 0.223 e. The number of Topliss-reactive ketones (excluding diaryl/α,β-unsaturated/α-hetero) is 1. The Hall–Kier alpha value is -1.84. The lowest BCUT2D eigenvalue weighted by molar-refractivity contribution is -0.130. The highest BCUT2D eigenvalue weighted by atomic mass is 35.5. The standard InChI is InChI=1S/C18H17Cl2NO2/c1-21(12-13-7-8-15(19)16(20)11-13)18(23)10-9-17(22)14-5-3-2-4-6-14/h2-8,11H,9-10,12H2,1H3. The van der Waals surface area contributed by atoms with Crippen LogP contribution in [0.25, 0.3) is 0 Å². The molecule has 120 valence electrons. The smallest absolute Gasteiger partial charge is 0.223 e. The summed E-state index contributed by atoms with van der Waals surface area (Å²) in [5.74, 6) is -0.109. The van der Waals surface area contributed by atoms with Gasteiger partial charge in [0, 0.05) is 32.0 Å². The molecule has 1 amide bonds. The highest BCUT2D eigenvalue weighted by Gasteiger charge is 2.13. The number of benzene rings is 2. The first-order valence-corrected chi connectivity index (χ1v) is 7.99. The number of carbonyl (C=O) groups is 2. The van der Waals surface area contributed by atoms with Gasteiger partial charge in [-0.2, -0.15) is 0 Å². The maximum atomic E-state index is 12.1. The van der Waals surface area contributed by atoms with Crippen LogP contribution in [-0.4, -0.2) is 23.6 Å². The van der Waals surface area contributed by atoms with Crippen molar-refractivity contribution < 1.29 is 9.59 Å². The van der Waals surface area contributed by atoms with E-state index in [1.165, 1.54) is 0 Å². The first-order valence-electron chi connectivity index (χ1n) is 7.23. The second-order valence-electron chi connectivity index (χ2n) is 5.29. The number of hydrogen-bond donors (Lipinski definition) is 0. The minimum absolute atomic E-state index is 0.0260. The first kappa shape index (κ1) is 17.5. The van der Waals surface area contributed by atoms with Crippen LogP contribution in [0.2, 0.25) is 10.0 Å². The summed E-state index contributed by atoms with van der Waals surface area (Å²) in [5.41, 5.74) is 1.53. The highest BCUT2D eigenvalue weighted by molar-refractivity contribution is 6.42. The van der Waals surface area contributed by atoms with Crippen molar-refractivity contribution in [2.45, 2.75) is 19.4 Å². The second-order valence-corrected chi connectivity index (χ2v) is 6.10. The average molecular weight is 350 g/mol. The van der Waals surface area contributed by atoms with Gasteiger partial charge in [0.15, 0.2) is 5.78 Å². The molecule has 0 aliphatic carbocycles. The van der Waals surface area contributed by atoms with Gasteiger partial charge in [0.2, 0.25) is 5.91 Å². The van der Waals surface area contributed by atoms with Crippen molar-refractivity contribution >= 4 is 34.9 Å². The Labute approximate surface area is 145 Å². The average Bonchev–Trinajstić information content (AvgIpc) is 2.56. The molecule has 0 heterocycles. The van der Waals surface area contributed by atoms with Gasteiger partial charge in [0.25, 0.3) is 0 Å². The van der Waals surface area contributed by atoms with Crippen molar-refractivity contribution in [2.75, 3.05) is 7.05 Å². The van der Waals surface area contributed by atoms with E-state index in [0.29, 0.717) is 22.2 Å². The van der Waals surface area contributed by atoms with E-state index in [-0.39, 0.29) is 24.5 Å². The maximum absolute atomic E-state index is 12.1. The SMILES string of the molecule is CN(Cc1ccc(Cl)c(Cl)c1)C(=O)CCC(=O)c1ccccc1. The zero-order chi connectivity index (χ0) is 16.8. The molecule has 3 nitrogen and oxygen atoms in total. The Balaban J connectivity index is 1.87. The van der Waals surface area contributed by atoms with Crippen molar-refractivity contribution in [3.8, 4) is 0 Å². The zero-order valence-corrected chi connectivity index (χ0v) is 14.3. The summed E-state index contributed by atoms with van der Waals surface area (Å²) in [4.78, 5) is 25.7.